The molecule has 0 aliphatic carbocycles. The minimum absolute atomic E-state index is 0.252. The van der Waals surface area contributed by atoms with E-state index >= 15 is 0 Å². The Labute approximate surface area is 113 Å². The van der Waals surface area contributed by atoms with Crippen molar-refractivity contribution in [1.82, 2.24) is 14.8 Å². The summed E-state index contributed by atoms with van der Waals surface area (Å²) >= 11 is 0. The number of anilines is 1. The molecule has 0 fully saturated rings. The third-order valence-electron chi connectivity index (χ3n) is 2.72. The molecule has 0 bridgehead atoms. The zero-order valence-corrected chi connectivity index (χ0v) is 10.9. The molecule has 5 nitrogen and oxygen atoms in total. The lowest BCUT2D eigenvalue weighted by Gasteiger charge is -2.10. The summed E-state index contributed by atoms with van der Waals surface area (Å²) in [5.41, 5.74) is 0.667. The predicted molar refractivity (Wildman–Crippen MR) is 66.2 cm³/mol. The van der Waals surface area contributed by atoms with E-state index in [1.165, 1.54) is 24.3 Å². The molecular weight excluding hydrogens is 273 g/mol. The average molecular weight is 286 g/mol. The van der Waals surface area contributed by atoms with Gasteiger partial charge in [-0.3, -0.25) is 0 Å². The molecule has 1 N–H and O–H groups in total. The van der Waals surface area contributed by atoms with E-state index in [0.29, 0.717) is 12.2 Å². The van der Waals surface area contributed by atoms with E-state index < -0.39 is 6.36 Å². The van der Waals surface area contributed by atoms with Crippen LogP contribution >= 0.6 is 0 Å². The van der Waals surface area contributed by atoms with Gasteiger partial charge in [-0.05, 0) is 31.2 Å². The second-order valence-corrected chi connectivity index (χ2v) is 4.15. The lowest BCUT2D eigenvalue weighted by atomic mass is 10.3. The number of aromatic nitrogens is 3. The molecule has 0 saturated carbocycles. The summed E-state index contributed by atoms with van der Waals surface area (Å²) in [6, 6.07) is 5.50. The molecule has 1 aromatic carbocycles. The highest BCUT2D eigenvalue weighted by molar-refractivity contribution is 5.46. The van der Waals surface area contributed by atoms with Crippen molar-refractivity contribution in [2.45, 2.75) is 19.8 Å². The van der Waals surface area contributed by atoms with Crippen LogP contribution in [0.4, 0.5) is 18.9 Å². The molecule has 0 saturated heterocycles. The molecule has 2 aromatic rings. The zero-order valence-electron chi connectivity index (χ0n) is 10.9. The summed E-state index contributed by atoms with van der Waals surface area (Å²) in [6.45, 7) is 2.26. The highest BCUT2D eigenvalue weighted by Crippen LogP contribution is 2.24. The summed E-state index contributed by atoms with van der Waals surface area (Å²) in [7, 11) is 1.84. The van der Waals surface area contributed by atoms with Crippen molar-refractivity contribution in [3.8, 4) is 5.75 Å². The Balaban J connectivity index is 1.96. The van der Waals surface area contributed by atoms with E-state index in [1.807, 2.05) is 18.5 Å². The smallest absolute Gasteiger partial charge is 0.406 e. The lowest BCUT2D eigenvalue weighted by molar-refractivity contribution is -0.274. The van der Waals surface area contributed by atoms with Crippen LogP contribution in [0, 0.1) is 6.92 Å². The molecule has 0 atom stereocenters. The molecule has 0 spiro atoms. The Morgan fingerprint density at radius 2 is 1.85 bits per heavy atom. The molecule has 1 aromatic heterocycles. The minimum atomic E-state index is -4.68. The second kappa shape index (κ2) is 5.40. The number of rotatable bonds is 4. The Morgan fingerprint density at radius 3 is 2.35 bits per heavy atom. The van der Waals surface area contributed by atoms with Crippen molar-refractivity contribution in [2.75, 3.05) is 5.32 Å². The topological polar surface area (TPSA) is 52.0 Å². The first-order chi connectivity index (χ1) is 9.35. The summed E-state index contributed by atoms with van der Waals surface area (Å²) in [6.07, 6.45) is -4.68. The number of ether oxygens (including phenoxy) is 1. The molecule has 0 unspecified atom stereocenters. The number of alkyl halides is 3. The van der Waals surface area contributed by atoms with Gasteiger partial charge in [-0.2, -0.15) is 0 Å². The van der Waals surface area contributed by atoms with Crippen molar-refractivity contribution < 1.29 is 17.9 Å². The Morgan fingerprint density at radius 1 is 1.20 bits per heavy atom. The molecule has 20 heavy (non-hydrogen) atoms. The van der Waals surface area contributed by atoms with Crippen LogP contribution in [0.25, 0.3) is 0 Å². The maximum atomic E-state index is 12.0. The van der Waals surface area contributed by atoms with Crippen LogP contribution in [-0.4, -0.2) is 21.1 Å². The maximum absolute atomic E-state index is 12.0. The third-order valence-corrected chi connectivity index (χ3v) is 2.72. The van der Waals surface area contributed by atoms with Gasteiger partial charge in [0.2, 0.25) is 0 Å². The number of nitrogens with zero attached hydrogens (tertiary/aromatic N) is 3. The van der Waals surface area contributed by atoms with E-state index in [2.05, 4.69) is 20.3 Å². The monoisotopic (exact) mass is 286 g/mol. The molecule has 2 rings (SSSR count). The predicted octanol–water partition coefficient (Wildman–Crippen LogP) is 2.63. The van der Waals surface area contributed by atoms with Crippen molar-refractivity contribution in [1.29, 1.82) is 0 Å². The fourth-order valence-corrected chi connectivity index (χ4v) is 1.56. The van der Waals surface area contributed by atoms with Crippen molar-refractivity contribution in [2.24, 2.45) is 7.05 Å². The summed E-state index contributed by atoms with van der Waals surface area (Å²) < 4.78 is 41.6. The summed E-state index contributed by atoms with van der Waals surface area (Å²) in [5, 5.41) is 10.9. The Bertz CT molecular complexity index is 577. The first kappa shape index (κ1) is 14.2. The van der Waals surface area contributed by atoms with Crippen LogP contribution in [-0.2, 0) is 13.6 Å². The molecule has 0 radical (unpaired) electrons. The van der Waals surface area contributed by atoms with Crippen LogP contribution in [0.1, 0.15) is 11.6 Å². The van der Waals surface area contributed by atoms with E-state index in [-0.39, 0.29) is 5.75 Å². The molecule has 0 aliphatic heterocycles. The van der Waals surface area contributed by atoms with Gasteiger partial charge in [-0.25, -0.2) is 0 Å². The number of nitrogens with one attached hydrogen (secondary N) is 1. The number of aryl methyl sites for hydroxylation is 1. The standard InChI is InChI=1S/C12H13F3N4O/c1-8-17-18-11(19(8)2)7-16-9-3-5-10(6-4-9)20-12(13,14)15/h3-6,16H,7H2,1-2H3. The quantitative estimate of drug-likeness (QED) is 0.938. The summed E-state index contributed by atoms with van der Waals surface area (Å²) in [4.78, 5) is 0. The SMILES string of the molecule is Cc1nnc(CNc2ccc(OC(F)(F)F)cc2)n1C. The van der Waals surface area contributed by atoms with Gasteiger partial charge >= 0.3 is 6.36 Å². The Hall–Kier alpha value is -2.25. The van der Waals surface area contributed by atoms with Gasteiger partial charge in [0.1, 0.15) is 11.6 Å². The van der Waals surface area contributed by atoms with Gasteiger partial charge in [-0.1, -0.05) is 0 Å². The average Bonchev–Trinajstić information content (AvgIpc) is 2.68. The Kier molecular flexibility index (Phi) is 3.82. The minimum Gasteiger partial charge on any atom is -0.406 e. The molecule has 108 valence electrons. The lowest BCUT2D eigenvalue weighted by Crippen LogP contribution is -2.17. The van der Waals surface area contributed by atoms with E-state index in [0.717, 1.165) is 11.6 Å². The highest BCUT2D eigenvalue weighted by Gasteiger charge is 2.30. The van der Waals surface area contributed by atoms with Crippen LogP contribution in [0.3, 0.4) is 0 Å². The fourth-order valence-electron chi connectivity index (χ4n) is 1.56. The molecule has 1 heterocycles. The van der Waals surface area contributed by atoms with Gasteiger partial charge < -0.3 is 14.6 Å². The maximum Gasteiger partial charge on any atom is 0.573 e. The highest BCUT2D eigenvalue weighted by atomic mass is 19.4. The number of halogens is 3. The summed E-state index contributed by atoms with van der Waals surface area (Å²) in [5.74, 6) is 1.27. The van der Waals surface area contributed by atoms with E-state index in [1.54, 1.807) is 0 Å². The van der Waals surface area contributed by atoms with Gasteiger partial charge in [-0.15, -0.1) is 23.4 Å². The third kappa shape index (κ3) is 3.62. The van der Waals surface area contributed by atoms with Gasteiger partial charge in [0.05, 0.1) is 6.54 Å². The van der Waals surface area contributed by atoms with Crippen molar-refractivity contribution >= 4 is 5.69 Å². The first-order valence-electron chi connectivity index (χ1n) is 5.80. The van der Waals surface area contributed by atoms with Crippen LogP contribution < -0.4 is 10.1 Å². The van der Waals surface area contributed by atoms with Gasteiger partial charge in [0.25, 0.3) is 0 Å². The van der Waals surface area contributed by atoms with Crippen LogP contribution in [0.2, 0.25) is 0 Å². The van der Waals surface area contributed by atoms with Crippen molar-refractivity contribution in [3.63, 3.8) is 0 Å². The van der Waals surface area contributed by atoms with E-state index in [4.69, 9.17) is 0 Å². The normalized spacial score (nSPS) is 11.4. The molecule has 0 aliphatic rings. The largest absolute Gasteiger partial charge is 0.573 e. The second-order valence-electron chi connectivity index (χ2n) is 4.15. The van der Waals surface area contributed by atoms with Crippen molar-refractivity contribution in [3.05, 3.63) is 35.9 Å². The number of hydrogen-bond acceptors (Lipinski definition) is 4. The first-order valence-corrected chi connectivity index (χ1v) is 5.80. The number of hydrogen-bond donors (Lipinski definition) is 1. The fraction of sp³-hybridized carbons (Fsp3) is 0.333. The van der Waals surface area contributed by atoms with Gasteiger partial charge in [0.15, 0.2) is 5.82 Å². The molecule has 0 amide bonds. The number of benzene rings is 1. The zero-order chi connectivity index (χ0) is 14.8. The van der Waals surface area contributed by atoms with Crippen LogP contribution in [0.5, 0.6) is 5.75 Å². The van der Waals surface area contributed by atoms with Gasteiger partial charge in [0, 0.05) is 12.7 Å². The molecular formula is C12H13F3N4O. The van der Waals surface area contributed by atoms with Crippen LogP contribution in [0.15, 0.2) is 24.3 Å². The van der Waals surface area contributed by atoms with E-state index in [9.17, 15) is 13.2 Å². The molecule has 8 heteroatoms.